The van der Waals surface area contributed by atoms with E-state index in [1.165, 1.54) is 18.9 Å². The molecule has 0 saturated heterocycles. The van der Waals surface area contributed by atoms with Gasteiger partial charge in [-0.25, -0.2) is 0 Å². The van der Waals surface area contributed by atoms with E-state index in [0.717, 1.165) is 11.0 Å². The predicted octanol–water partition coefficient (Wildman–Crippen LogP) is 0.367. The van der Waals surface area contributed by atoms with Crippen LogP contribution in [0.3, 0.4) is 0 Å². The molecule has 0 aliphatic rings. The molecule has 0 amide bonds. The second-order valence-electron chi connectivity index (χ2n) is 3.95. The van der Waals surface area contributed by atoms with Crippen molar-refractivity contribution in [2.75, 3.05) is 19.9 Å². The summed E-state index contributed by atoms with van der Waals surface area (Å²) in [5.41, 5.74) is -0.723. The SMILES string of the molecule is CNC(C)(CSc1nnc(C)n1C)C(=O)OC. The van der Waals surface area contributed by atoms with Crippen LogP contribution in [-0.2, 0) is 16.6 Å². The van der Waals surface area contributed by atoms with E-state index in [2.05, 4.69) is 15.5 Å². The smallest absolute Gasteiger partial charge is 0.326 e. The molecule has 1 N–H and O–H groups in total. The van der Waals surface area contributed by atoms with Gasteiger partial charge in [-0.1, -0.05) is 11.8 Å². The van der Waals surface area contributed by atoms with Crippen LogP contribution in [-0.4, -0.2) is 46.2 Å². The van der Waals surface area contributed by atoms with E-state index in [1.807, 2.05) is 18.5 Å². The van der Waals surface area contributed by atoms with E-state index in [4.69, 9.17) is 4.74 Å². The molecule has 0 saturated carbocycles. The number of hydrogen-bond donors (Lipinski definition) is 1. The van der Waals surface area contributed by atoms with Crippen molar-refractivity contribution in [3.63, 3.8) is 0 Å². The Balaban J connectivity index is 2.71. The van der Waals surface area contributed by atoms with Crippen LogP contribution in [0.1, 0.15) is 12.7 Å². The maximum absolute atomic E-state index is 11.6. The minimum atomic E-state index is -0.723. The van der Waals surface area contributed by atoms with Gasteiger partial charge in [0.05, 0.1) is 7.11 Å². The maximum Gasteiger partial charge on any atom is 0.326 e. The standard InChI is InChI=1S/C10H18N4O2S/c1-7-12-13-9(14(7)4)17-6-10(2,11-3)8(15)16-5/h11H,6H2,1-5H3. The van der Waals surface area contributed by atoms with Crippen LogP contribution in [0.5, 0.6) is 0 Å². The lowest BCUT2D eigenvalue weighted by atomic mass is 10.1. The number of likely N-dealkylation sites (N-methyl/N-ethyl adjacent to an activating group) is 1. The first kappa shape index (κ1) is 14.0. The molecule has 1 rings (SSSR count). The van der Waals surface area contributed by atoms with E-state index in [0.29, 0.717) is 5.75 Å². The van der Waals surface area contributed by atoms with Gasteiger partial charge in [0.15, 0.2) is 5.16 Å². The fourth-order valence-corrected chi connectivity index (χ4v) is 2.28. The van der Waals surface area contributed by atoms with Crippen molar-refractivity contribution in [2.24, 2.45) is 7.05 Å². The summed E-state index contributed by atoms with van der Waals surface area (Å²) in [4.78, 5) is 11.6. The summed E-state index contributed by atoms with van der Waals surface area (Å²) in [5.74, 6) is 1.09. The zero-order valence-electron chi connectivity index (χ0n) is 10.8. The third-order valence-electron chi connectivity index (χ3n) is 2.73. The average Bonchev–Trinajstić information content (AvgIpc) is 2.66. The van der Waals surface area contributed by atoms with Crippen LogP contribution in [0.4, 0.5) is 0 Å². The molecular formula is C10H18N4O2S. The molecule has 1 aromatic heterocycles. The van der Waals surface area contributed by atoms with Gasteiger partial charge in [0, 0.05) is 12.8 Å². The zero-order chi connectivity index (χ0) is 13.1. The van der Waals surface area contributed by atoms with Crippen LogP contribution < -0.4 is 5.32 Å². The molecule has 1 heterocycles. The maximum atomic E-state index is 11.6. The van der Waals surface area contributed by atoms with Crippen LogP contribution in [0, 0.1) is 6.92 Å². The van der Waals surface area contributed by atoms with Gasteiger partial charge in [-0.15, -0.1) is 10.2 Å². The molecule has 0 aliphatic heterocycles. The summed E-state index contributed by atoms with van der Waals surface area (Å²) < 4.78 is 6.66. The fraction of sp³-hybridized carbons (Fsp3) is 0.700. The van der Waals surface area contributed by atoms with Gasteiger partial charge >= 0.3 is 5.97 Å². The van der Waals surface area contributed by atoms with Crippen molar-refractivity contribution in [1.82, 2.24) is 20.1 Å². The van der Waals surface area contributed by atoms with Gasteiger partial charge in [0.1, 0.15) is 11.4 Å². The average molecular weight is 258 g/mol. The Morgan fingerprint density at radius 1 is 1.59 bits per heavy atom. The number of methoxy groups -OCH3 is 1. The Labute approximate surface area is 105 Å². The minimum absolute atomic E-state index is 0.286. The van der Waals surface area contributed by atoms with Crippen molar-refractivity contribution in [2.45, 2.75) is 24.5 Å². The van der Waals surface area contributed by atoms with Crippen molar-refractivity contribution < 1.29 is 9.53 Å². The Kier molecular flexibility index (Phi) is 4.53. The molecule has 6 nitrogen and oxygen atoms in total. The molecule has 1 atom stereocenters. The number of ether oxygens (including phenoxy) is 1. The Bertz CT molecular complexity index is 407. The van der Waals surface area contributed by atoms with Crippen molar-refractivity contribution in [1.29, 1.82) is 0 Å². The molecule has 17 heavy (non-hydrogen) atoms. The molecule has 0 bridgehead atoms. The second-order valence-corrected chi connectivity index (χ2v) is 4.89. The third kappa shape index (κ3) is 2.98. The number of carbonyl (C=O) groups is 1. The summed E-state index contributed by atoms with van der Waals surface area (Å²) in [6.07, 6.45) is 0. The van der Waals surface area contributed by atoms with E-state index in [-0.39, 0.29) is 5.97 Å². The summed E-state index contributed by atoms with van der Waals surface area (Å²) >= 11 is 1.47. The van der Waals surface area contributed by atoms with E-state index >= 15 is 0 Å². The molecule has 0 radical (unpaired) electrons. The molecule has 96 valence electrons. The highest BCUT2D eigenvalue weighted by atomic mass is 32.2. The number of esters is 1. The monoisotopic (exact) mass is 258 g/mol. The first-order valence-electron chi connectivity index (χ1n) is 5.20. The van der Waals surface area contributed by atoms with Crippen LogP contribution in [0.15, 0.2) is 5.16 Å². The molecule has 0 fully saturated rings. The normalized spacial score (nSPS) is 14.4. The number of rotatable bonds is 5. The van der Waals surface area contributed by atoms with E-state index in [9.17, 15) is 4.79 Å². The summed E-state index contributed by atoms with van der Waals surface area (Å²) in [6, 6.07) is 0. The summed E-state index contributed by atoms with van der Waals surface area (Å²) in [6.45, 7) is 3.68. The van der Waals surface area contributed by atoms with Crippen LogP contribution >= 0.6 is 11.8 Å². The quantitative estimate of drug-likeness (QED) is 0.608. The topological polar surface area (TPSA) is 69.0 Å². The predicted molar refractivity (Wildman–Crippen MR) is 65.9 cm³/mol. The molecular weight excluding hydrogens is 240 g/mol. The van der Waals surface area contributed by atoms with Gasteiger partial charge in [0.2, 0.25) is 0 Å². The summed E-state index contributed by atoms with van der Waals surface area (Å²) in [5, 5.41) is 11.8. The van der Waals surface area contributed by atoms with Crippen LogP contribution in [0.25, 0.3) is 0 Å². The number of nitrogens with one attached hydrogen (secondary N) is 1. The number of carbonyl (C=O) groups excluding carboxylic acids is 1. The highest BCUT2D eigenvalue weighted by Crippen LogP contribution is 2.21. The second kappa shape index (κ2) is 5.50. The van der Waals surface area contributed by atoms with Gasteiger partial charge in [-0.2, -0.15) is 0 Å². The first-order chi connectivity index (χ1) is 7.94. The van der Waals surface area contributed by atoms with Gasteiger partial charge < -0.3 is 14.6 Å². The highest BCUT2D eigenvalue weighted by molar-refractivity contribution is 7.99. The fourth-order valence-electron chi connectivity index (χ4n) is 1.18. The van der Waals surface area contributed by atoms with Crippen molar-refractivity contribution in [3.8, 4) is 0 Å². The number of nitrogens with zero attached hydrogens (tertiary/aromatic N) is 3. The number of thioether (sulfide) groups is 1. The molecule has 7 heteroatoms. The first-order valence-corrected chi connectivity index (χ1v) is 6.19. The lowest BCUT2D eigenvalue weighted by Gasteiger charge is -2.25. The molecule has 0 aliphatic carbocycles. The third-order valence-corrected chi connectivity index (χ3v) is 4.07. The number of aromatic nitrogens is 3. The van der Waals surface area contributed by atoms with Crippen molar-refractivity contribution >= 4 is 17.7 Å². The zero-order valence-corrected chi connectivity index (χ0v) is 11.6. The molecule has 1 unspecified atom stereocenters. The van der Waals surface area contributed by atoms with Gasteiger partial charge in [-0.05, 0) is 20.9 Å². The Morgan fingerprint density at radius 2 is 2.24 bits per heavy atom. The molecule has 0 spiro atoms. The lowest BCUT2D eigenvalue weighted by molar-refractivity contribution is -0.146. The highest BCUT2D eigenvalue weighted by Gasteiger charge is 2.33. The van der Waals surface area contributed by atoms with E-state index < -0.39 is 5.54 Å². The largest absolute Gasteiger partial charge is 0.468 e. The van der Waals surface area contributed by atoms with E-state index in [1.54, 1.807) is 14.0 Å². The van der Waals surface area contributed by atoms with Gasteiger partial charge in [0.25, 0.3) is 0 Å². The summed E-state index contributed by atoms with van der Waals surface area (Å²) in [7, 11) is 5.01. The number of aryl methyl sites for hydroxylation is 1. The van der Waals surface area contributed by atoms with Gasteiger partial charge in [-0.3, -0.25) is 4.79 Å². The Hall–Kier alpha value is -1.08. The van der Waals surface area contributed by atoms with Crippen LogP contribution in [0.2, 0.25) is 0 Å². The van der Waals surface area contributed by atoms with Crippen molar-refractivity contribution in [3.05, 3.63) is 5.82 Å². The lowest BCUT2D eigenvalue weighted by Crippen LogP contribution is -2.50. The number of hydrogen-bond acceptors (Lipinski definition) is 6. The molecule has 1 aromatic rings. The Morgan fingerprint density at radius 3 is 2.65 bits per heavy atom. The minimum Gasteiger partial charge on any atom is -0.468 e. The molecule has 0 aromatic carbocycles.